The zero-order valence-corrected chi connectivity index (χ0v) is 22.5. The second-order valence-electron chi connectivity index (χ2n) is 9.76. The van der Waals surface area contributed by atoms with E-state index >= 15 is 0 Å². The molecule has 0 radical (unpaired) electrons. The number of ether oxygens (including phenoxy) is 1. The zero-order chi connectivity index (χ0) is 28.2. The number of rotatable bonds is 10. The van der Waals surface area contributed by atoms with Crippen LogP contribution in [0.2, 0.25) is 0 Å². The monoisotopic (exact) mass is 537 g/mol. The molecule has 2 aromatic carbocycles. The summed E-state index contributed by atoms with van der Waals surface area (Å²) in [6, 6.07) is 10.9. The van der Waals surface area contributed by atoms with E-state index in [1.54, 1.807) is 6.21 Å². The van der Waals surface area contributed by atoms with Crippen molar-refractivity contribution >= 4 is 46.0 Å². The number of H-pyrrole nitrogens is 1. The number of benzene rings is 2. The second-order valence-corrected chi connectivity index (χ2v) is 9.76. The van der Waals surface area contributed by atoms with Gasteiger partial charge in [0.2, 0.25) is 11.9 Å². The largest absolute Gasteiger partial charge is 0.433 e. The molecule has 1 amide bonds. The van der Waals surface area contributed by atoms with Crippen molar-refractivity contribution < 1.29 is 18.3 Å². The van der Waals surface area contributed by atoms with Crippen LogP contribution in [0.3, 0.4) is 0 Å². The summed E-state index contributed by atoms with van der Waals surface area (Å²) in [5.74, 6) is -0.320. The number of carbonyl (C=O) groups excluding carboxylic acids is 1. The predicted molar refractivity (Wildman–Crippen MR) is 154 cm³/mol. The molecule has 9 nitrogen and oxygen atoms in total. The van der Waals surface area contributed by atoms with Crippen LogP contribution in [0.15, 0.2) is 65.2 Å². The molecule has 0 bridgehead atoms. The number of anilines is 3. The zero-order valence-electron chi connectivity index (χ0n) is 22.5. The molecule has 1 aliphatic rings. The Kier molecular flexibility index (Phi) is 8.29. The summed E-state index contributed by atoms with van der Waals surface area (Å²) >= 11 is 0. The molecule has 1 atom stereocenters. The Morgan fingerprint density at radius 3 is 2.72 bits per heavy atom. The Balaban J connectivity index is 1.74. The summed E-state index contributed by atoms with van der Waals surface area (Å²) in [6.07, 6.45) is 5.37. The van der Waals surface area contributed by atoms with Crippen LogP contribution in [0.1, 0.15) is 18.9 Å². The molecule has 3 aromatic rings. The van der Waals surface area contributed by atoms with Gasteiger partial charge in [-0.25, -0.2) is 9.98 Å². The molecule has 3 N–H and O–H groups in total. The number of alkyl halides is 2. The minimum Gasteiger partial charge on any atom is -0.433 e. The van der Waals surface area contributed by atoms with Crippen molar-refractivity contribution in [2.24, 2.45) is 9.98 Å². The number of para-hydroxylation sites is 1. The molecular weight excluding hydrogens is 504 g/mol. The molecule has 0 saturated heterocycles. The molecule has 11 heteroatoms. The minimum atomic E-state index is -3.06. The van der Waals surface area contributed by atoms with Gasteiger partial charge in [-0.3, -0.25) is 4.79 Å². The van der Waals surface area contributed by atoms with E-state index in [1.807, 2.05) is 68.3 Å². The summed E-state index contributed by atoms with van der Waals surface area (Å²) < 4.78 is 31.8. The Labute approximate surface area is 226 Å². The summed E-state index contributed by atoms with van der Waals surface area (Å²) in [5, 5.41) is 6.86. The van der Waals surface area contributed by atoms with E-state index in [9.17, 15) is 13.6 Å². The number of fused-ring (bicyclic) bond motifs is 1. The standard InChI is InChI=1S/C28H33F2N7O2/c1-6-25(38)33-21-15-22(24(39-26(29)30)16-23(21)37(5)14-13-36(3)4)34-27-31-12-11-28(2,35-27)19-17-32-20-10-8-7-9-18(19)20/h6-10,12,15-17,26,32H,1,11,13-14H2,2-5H3,(H,33,38)(H,34,35). The van der Waals surface area contributed by atoms with E-state index in [-0.39, 0.29) is 17.4 Å². The number of likely N-dealkylation sites (N-methyl/N-ethyl adjacent to an activating group) is 2. The van der Waals surface area contributed by atoms with Crippen molar-refractivity contribution in [3.05, 3.63) is 60.8 Å². The number of nitrogens with zero attached hydrogens (tertiary/aromatic N) is 4. The molecule has 0 saturated carbocycles. The predicted octanol–water partition coefficient (Wildman–Crippen LogP) is 5.05. The van der Waals surface area contributed by atoms with Gasteiger partial charge < -0.3 is 30.2 Å². The van der Waals surface area contributed by atoms with Crippen LogP contribution in [0.25, 0.3) is 10.9 Å². The molecule has 0 spiro atoms. The van der Waals surface area contributed by atoms with E-state index in [1.165, 1.54) is 12.1 Å². The highest BCUT2D eigenvalue weighted by Gasteiger charge is 2.31. The summed E-state index contributed by atoms with van der Waals surface area (Å²) in [7, 11) is 5.67. The van der Waals surface area contributed by atoms with Crippen LogP contribution in [0.5, 0.6) is 5.75 Å². The number of aromatic nitrogens is 1. The van der Waals surface area contributed by atoms with Crippen LogP contribution in [-0.2, 0) is 10.3 Å². The first-order valence-electron chi connectivity index (χ1n) is 12.5. The van der Waals surface area contributed by atoms with Crippen molar-refractivity contribution in [1.82, 2.24) is 9.88 Å². The highest BCUT2D eigenvalue weighted by atomic mass is 19.3. The highest BCUT2D eigenvalue weighted by Crippen LogP contribution is 2.39. The van der Waals surface area contributed by atoms with Crippen molar-refractivity contribution in [2.75, 3.05) is 49.8 Å². The number of carbonyl (C=O) groups is 1. The topological polar surface area (TPSA) is 97.3 Å². The normalized spacial score (nSPS) is 16.9. The SMILES string of the molecule is C=CC(=O)Nc1cc(NC2=NC(C)(c3c[nH]c4ccccc34)CC=N2)c(OC(F)F)cc1N(C)CCN(C)C. The highest BCUT2D eigenvalue weighted by molar-refractivity contribution is 6.05. The van der Waals surface area contributed by atoms with Gasteiger partial charge in [0, 0.05) is 61.5 Å². The van der Waals surface area contributed by atoms with Gasteiger partial charge >= 0.3 is 6.61 Å². The third-order valence-corrected chi connectivity index (χ3v) is 6.52. The third kappa shape index (κ3) is 6.43. The summed E-state index contributed by atoms with van der Waals surface area (Å²) in [6.45, 7) is 3.72. The molecule has 2 heterocycles. The maximum Gasteiger partial charge on any atom is 0.387 e. The van der Waals surface area contributed by atoms with Crippen LogP contribution in [0, 0.1) is 0 Å². The van der Waals surface area contributed by atoms with Gasteiger partial charge in [-0.2, -0.15) is 8.78 Å². The first kappa shape index (κ1) is 27.8. The lowest BCUT2D eigenvalue weighted by molar-refractivity contribution is -0.111. The fourth-order valence-electron chi connectivity index (χ4n) is 4.42. The van der Waals surface area contributed by atoms with Gasteiger partial charge in [0.25, 0.3) is 0 Å². The number of hydrogen-bond acceptors (Lipinski definition) is 7. The number of guanidine groups is 1. The Morgan fingerprint density at radius 2 is 2.00 bits per heavy atom. The number of nitrogens with one attached hydrogen (secondary N) is 3. The van der Waals surface area contributed by atoms with Gasteiger partial charge in [0.15, 0.2) is 5.75 Å². The summed E-state index contributed by atoms with van der Waals surface area (Å²) in [5.41, 5.74) is 2.41. The van der Waals surface area contributed by atoms with Crippen LogP contribution >= 0.6 is 0 Å². The first-order valence-corrected chi connectivity index (χ1v) is 12.5. The molecule has 1 aromatic heterocycles. The van der Waals surface area contributed by atoms with E-state index < -0.39 is 18.1 Å². The van der Waals surface area contributed by atoms with Crippen molar-refractivity contribution in [3.63, 3.8) is 0 Å². The minimum absolute atomic E-state index is 0.106. The van der Waals surface area contributed by atoms with Gasteiger partial charge in [-0.15, -0.1) is 0 Å². The van der Waals surface area contributed by atoms with E-state index in [0.29, 0.717) is 30.9 Å². The molecule has 1 unspecified atom stereocenters. The maximum atomic E-state index is 13.5. The lowest BCUT2D eigenvalue weighted by Gasteiger charge is -2.28. The van der Waals surface area contributed by atoms with Crippen LogP contribution in [0.4, 0.5) is 25.8 Å². The Bertz CT molecular complexity index is 1420. The quantitative estimate of drug-likeness (QED) is 0.315. The molecule has 0 aliphatic carbocycles. The lowest BCUT2D eigenvalue weighted by atomic mass is 9.89. The van der Waals surface area contributed by atoms with Crippen LogP contribution in [-0.4, -0.2) is 68.8 Å². The Morgan fingerprint density at radius 1 is 1.23 bits per heavy atom. The number of aliphatic imine (C=N–C) groups is 2. The fourth-order valence-corrected chi connectivity index (χ4v) is 4.42. The van der Waals surface area contributed by atoms with Gasteiger partial charge in [-0.05, 0) is 39.2 Å². The molecule has 1 aliphatic heterocycles. The lowest BCUT2D eigenvalue weighted by Crippen LogP contribution is -2.29. The first-order chi connectivity index (χ1) is 18.6. The number of hydrogen-bond donors (Lipinski definition) is 3. The number of halogens is 2. The van der Waals surface area contributed by atoms with E-state index in [0.717, 1.165) is 22.5 Å². The smallest absolute Gasteiger partial charge is 0.387 e. The molecule has 206 valence electrons. The van der Waals surface area contributed by atoms with E-state index in [2.05, 4.69) is 27.2 Å². The average molecular weight is 538 g/mol. The molecular formula is C28H33F2N7O2. The molecule has 4 rings (SSSR count). The van der Waals surface area contributed by atoms with Gasteiger partial charge in [-0.1, -0.05) is 24.8 Å². The molecule has 0 fully saturated rings. The van der Waals surface area contributed by atoms with Crippen molar-refractivity contribution in [2.45, 2.75) is 25.5 Å². The summed E-state index contributed by atoms with van der Waals surface area (Å²) in [4.78, 5) is 28.6. The Hall–Kier alpha value is -4.25. The van der Waals surface area contributed by atoms with Crippen molar-refractivity contribution in [1.29, 1.82) is 0 Å². The fraction of sp³-hybridized carbons (Fsp3) is 0.321. The number of amides is 1. The third-order valence-electron chi connectivity index (χ3n) is 6.52. The van der Waals surface area contributed by atoms with Crippen LogP contribution < -0.4 is 20.3 Å². The number of aromatic amines is 1. The van der Waals surface area contributed by atoms with Gasteiger partial charge in [0.1, 0.15) is 0 Å². The molecule has 39 heavy (non-hydrogen) atoms. The maximum absolute atomic E-state index is 13.5. The van der Waals surface area contributed by atoms with Crippen molar-refractivity contribution in [3.8, 4) is 5.75 Å². The second kappa shape index (κ2) is 11.6. The van der Waals surface area contributed by atoms with E-state index in [4.69, 9.17) is 9.73 Å². The average Bonchev–Trinajstić information content (AvgIpc) is 3.33. The van der Waals surface area contributed by atoms with Gasteiger partial charge in [0.05, 0.1) is 22.6 Å².